The Kier molecular flexibility index (Phi) is 1.99. The highest BCUT2D eigenvalue weighted by Crippen LogP contribution is 2.60. The molecule has 13 heavy (non-hydrogen) atoms. The van der Waals surface area contributed by atoms with Gasteiger partial charge < -0.3 is 5.11 Å². The second-order valence-electron chi connectivity index (χ2n) is 6.17. The molecule has 2 saturated carbocycles. The molecule has 1 heteroatoms. The average Bonchev–Trinajstić information content (AvgIpc) is 2.87. The zero-order valence-electron chi connectivity index (χ0n) is 9.14. The van der Waals surface area contributed by atoms with E-state index < -0.39 is 0 Å². The topological polar surface area (TPSA) is 20.2 Å². The summed E-state index contributed by atoms with van der Waals surface area (Å²) < 4.78 is 0. The fourth-order valence-electron chi connectivity index (χ4n) is 2.67. The molecular formula is C12H22O. The molecule has 76 valence electrons. The second-order valence-corrected chi connectivity index (χ2v) is 6.17. The quantitative estimate of drug-likeness (QED) is 0.709. The van der Waals surface area contributed by atoms with Crippen LogP contribution in [0.25, 0.3) is 0 Å². The zero-order valence-corrected chi connectivity index (χ0v) is 9.14. The standard InChI is InChI=1S/C12H22O/c1-11(2)6-9(11)4-5-12(3)7-10(12)8-13/h9-10,13H,4-8H2,1-3H3/t9-,10+,12-/m1/s1. The summed E-state index contributed by atoms with van der Waals surface area (Å²) in [7, 11) is 0. The minimum atomic E-state index is 0.407. The van der Waals surface area contributed by atoms with Gasteiger partial charge >= 0.3 is 0 Å². The van der Waals surface area contributed by atoms with E-state index in [4.69, 9.17) is 5.11 Å². The molecule has 0 aromatic carbocycles. The van der Waals surface area contributed by atoms with Gasteiger partial charge in [0, 0.05) is 6.61 Å². The molecular weight excluding hydrogens is 160 g/mol. The number of hydrogen-bond donors (Lipinski definition) is 1. The van der Waals surface area contributed by atoms with Crippen molar-refractivity contribution in [3.63, 3.8) is 0 Å². The van der Waals surface area contributed by atoms with Gasteiger partial charge in [0.2, 0.25) is 0 Å². The highest BCUT2D eigenvalue weighted by atomic mass is 16.3. The molecule has 2 aliphatic carbocycles. The average molecular weight is 182 g/mol. The first-order valence-electron chi connectivity index (χ1n) is 5.59. The molecule has 0 bridgehead atoms. The maximum atomic E-state index is 9.03. The van der Waals surface area contributed by atoms with Crippen LogP contribution >= 0.6 is 0 Å². The molecule has 2 rings (SSSR count). The third-order valence-electron chi connectivity index (χ3n) is 4.54. The van der Waals surface area contributed by atoms with Crippen LogP contribution in [0.4, 0.5) is 0 Å². The molecule has 0 aromatic rings. The summed E-state index contributed by atoms with van der Waals surface area (Å²) in [6.45, 7) is 7.49. The Labute approximate surface area is 81.5 Å². The van der Waals surface area contributed by atoms with Crippen LogP contribution < -0.4 is 0 Å². The van der Waals surface area contributed by atoms with Gasteiger partial charge in [-0.2, -0.15) is 0 Å². The van der Waals surface area contributed by atoms with E-state index >= 15 is 0 Å². The molecule has 0 spiro atoms. The van der Waals surface area contributed by atoms with Gasteiger partial charge in [-0.15, -0.1) is 0 Å². The molecule has 1 N–H and O–H groups in total. The SMILES string of the molecule is CC1(C)C[C@H]1CC[C@]1(C)C[C@H]1CO. The van der Waals surface area contributed by atoms with E-state index in [1.54, 1.807) is 0 Å². The molecule has 0 saturated heterocycles. The van der Waals surface area contributed by atoms with Crippen molar-refractivity contribution in [1.82, 2.24) is 0 Å². The fourth-order valence-corrected chi connectivity index (χ4v) is 2.67. The molecule has 3 atom stereocenters. The van der Waals surface area contributed by atoms with Gasteiger partial charge in [-0.1, -0.05) is 20.8 Å². The third kappa shape index (κ3) is 1.76. The zero-order chi connectivity index (χ0) is 9.69. The number of aliphatic hydroxyl groups excluding tert-OH is 1. The van der Waals surface area contributed by atoms with E-state index in [-0.39, 0.29) is 0 Å². The van der Waals surface area contributed by atoms with Crippen molar-refractivity contribution in [2.24, 2.45) is 22.7 Å². The van der Waals surface area contributed by atoms with Crippen LogP contribution in [-0.2, 0) is 0 Å². The van der Waals surface area contributed by atoms with Crippen LogP contribution in [0, 0.1) is 22.7 Å². The van der Waals surface area contributed by atoms with Gasteiger partial charge in [0.25, 0.3) is 0 Å². The Bertz CT molecular complexity index is 209. The lowest BCUT2D eigenvalue weighted by Gasteiger charge is -2.10. The van der Waals surface area contributed by atoms with E-state index in [1.165, 1.54) is 25.7 Å². The first-order valence-corrected chi connectivity index (χ1v) is 5.59. The van der Waals surface area contributed by atoms with E-state index in [2.05, 4.69) is 20.8 Å². The Balaban J connectivity index is 1.70. The third-order valence-corrected chi connectivity index (χ3v) is 4.54. The lowest BCUT2D eigenvalue weighted by atomic mass is 9.96. The Morgan fingerprint density at radius 1 is 1.15 bits per heavy atom. The maximum Gasteiger partial charge on any atom is 0.0464 e. The van der Waals surface area contributed by atoms with Gasteiger partial charge in [-0.25, -0.2) is 0 Å². The lowest BCUT2D eigenvalue weighted by Crippen LogP contribution is -2.02. The molecule has 0 aromatic heterocycles. The van der Waals surface area contributed by atoms with Crippen molar-refractivity contribution in [3.8, 4) is 0 Å². The van der Waals surface area contributed by atoms with E-state index in [0.717, 1.165) is 5.92 Å². The van der Waals surface area contributed by atoms with Crippen LogP contribution in [-0.4, -0.2) is 11.7 Å². The Hall–Kier alpha value is -0.0400. The number of aliphatic hydroxyl groups is 1. The second kappa shape index (κ2) is 2.73. The summed E-state index contributed by atoms with van der Waals surface area (Å²) in [5.41, 5.74) is 1.15. The predicted octanol–water partition coefficient (Wildman–Crippen LogP) is 2.83. The molecule has 2 aliphatic rings. The van der Waals surface area contributed by atoms with Gasteiger partial charge in [-0.05, 0) is 48.3 Å². The van der Waals surface area contributed by atoms with Crippen molar-refractivity contribution >= 4 is 0 Å². The Morgan fingerprint density at radius 3 is 2.15 bits per heavy atom. The van der Waals surface area contributed by atoms with E-state index in [1.807, 2.05) is 0 Å². The summed E-state index contributed by atoms with van der Waals surface area (Å²) in [5, 5.41) is 9.03. The van der Waals surface area contributed by atoms with Gasteiger partial charge in [0.1, 0.15) is 0 Å². The van der Waals surface area contributed by atoms with Crippen molar-refractivity contribution < 1.29 is 5.11 Å². The molecule has 2 fully saturated rings. The molecule has 1 nitrogen and oxygen atoms in total. The van der Waals surface area contributed by atoms with Gasteiger partial charge in [0.15, 0.2) is 0 Å². The van der Waals surface area contributed by atoms with Crippen LogP contribution in [0.1, 0.15) is 46.5 Å². The first kappa shape index (κ1) is 9.51. The summed E-state index contributed by atoms with van der Waals surface area (Å²) in [5.74, 6) is 1.60. The number of rotatable bonds is 4. The smallest absolute Gasteiger partial charge is 0.0464 e. The van der Waals surface area contributed by atoms with E-state index in [0.29, 0.717) is 23.4 Å². The molecule has 0 radical (unpaired) electrons. The van der Waals surface area contributed by atoms with Crippen molar-refractivity contribution in [2.75, 3.05) is 6.61 Å². The van der Waals surface area contributed by atoms with Crippen molar-refractivity contribution in [2.45, 2.75) is 46.5 Å². The van der Waals surface area contributed by atoms with Crippen molar-refractivity contribution in [3.05, 3.63) is 0 Å². The summed E-state index contributed by atoms with van der Waals surface area (Å²) in [6.07, 6.45) is 5.41. The van der Waals surface area contributed by atoms with Crippen molar-refractivity contribution in [1.29, 1.82) is 0 Å². The predicted molar refractivity (Wildman–Crippen MR) is 54.4 cm³/mol. The van der Waals surface area contributed by atoms with Crippen LogP contribution in [0.5, 0.6) is 0 Å². The molecule has 0 amide bonds. The minimum Gasteiger partial charge on any atom is -0.396 e. The summed E-state index contributed by atoms with van der Waals surface area (Å²) in [6, 6.07) is 0. The largest absolute Gasteiger partial charge is 0.396 e. The van der Waals surface area contributed by atoms with Gasteiger partial charge in [-0.3, -0.25) is 0 Å². The maximum absolute atomic E-state index is 9.03. The molecule has 0 unspecified atom stereocenters. The number of hydrogen-bond acceptors (Lipinski definition) is 1. The fraction of sp³-hybridized carbons (Fsp3) is 1.00. The normalized spacial score (nSPS) is 46.2. The summed E-state index contributed by atoms with van der Waals surface area (Å²) in [4.78, 5) is 0. The minimum absolute atomic E-state index is 0.407. The van der Waals surface area contributed by atoms with E-state index in [9.17, 15) is 0 Å². The molecule has 0 aliphatic heterocycles. The highest BCUT2D eigenvalue weighted by Gasteiger charge is 2.51. The Morgan fingerprint density at radius 2 is 1.77 bits per heavy atom. The van der Waals surface area contributed by atoms with Crippen LogP contribution in [0.15, 0.2) is 0 Å². The highest BCUT2D eigenvalue weighted by molar-refractivity contribution is 5.01. The monoisotopic (exact) mass is 182 g/mol. The summed E-state index contributed by atoms with van der Waals surface area (Å²) >= 11 is 0. The first-order chi connectivity index (χ1) is 5.98. The lowest BCUT2D eigenvalue weighted by molar-refractivity contribution is 0.246. The van der Waals surface area contributed by atoms with Crippen LogP contribution in [0.3, 0.4) is 0 Å². The van der Waals surface area contributed by atoms with Gasteiger partial charge in [0.05, 0.1) is 0 Å². The molecule has 0 heterocycles. The van der Waals surface area contributed by atoms with Crippen LogP contribution in [0.2, 0.25) is 0 Å².